The molecule has 3 aliphatic carbocycles. The maximum absolute atomic E-state index is 13.1. The Morgan fingerprint density at radius 2 is 2.05 bits per heavy atom. The molecule has 38 heavy (non-hydrogen) atoms. The van der Waals surface area contributed by atoms with Gasteiger partial charge in [0.2, 0.25) is 5.91 Å². The van der Waals surface area contributed by atoms with Gasteiger partial charge in [0.1, 0.15) is 5.75 Å². The van der Waals surface area contributed by atoms with Gasteiger partial charge in [0, 0.05) is 48.3 Å². The second-order valence-electron chi connectivity index (χ2n) is 11.9. The van der Waals surface area contributed by atoms with E-state index in [0.717, 1.165) is 24.2 Å². The van der Waals surface area contributed by atoms with Crippen LogP contribution in [0.25, 0.3) is 6.08 Å². The quantitative estimate of drug-likeness (QED) is 0.504. The predicted octanol–water partition coefficient (Wildman–Crippen LogP) is 3.21. The fourth-order valence-electron chi connectivity index (χ4n) is 7.78. The highest BCUT2D eigenvalue weighted by Gasteiger charge is 2.66. The molecular formula is C30H37N3O5. The number of primary amides is 1. The van der Waals surface area contributed by atoms with Crippen LogP contribution in [0.15, 0.2) is 41.2 Å². The van der Waals surface area contributed by atoms with Crippen molar-refractivity contribution in [1.82, 2.24) is 9.80 Å². The number of hydrogen-bond acceptors (Lipinski definition) is 6. The Hall–Kier alpha value is -3.10. The Kier molecular flexibility index (Phi) is 6.15. The summed E-state index contributed by atoms with van der Waals surface area (Å²) in [5.41, 5.74) is 6.32. The van der Waals surface area contributed by atoms with E-state index in [4.69, 9.17) is 10.2 Å². The van der Waals surface area contributed by atoms with Crippen LogP contribution in [0, 0.1) is 5.92 Å². The van der Waals surface area contributed by atoms with Crippen LogP contribution in [-0.4, -0.2) is 69.6 Å². The largest absolute Gasteiger partial charge is 0.507 e. The number of carbonyl (C=O) groups is 2. The maximum atomic E-state index is 13.1. The lowest BCUT2D eigenvalue weighted by atomic mass is 9.48. The molecule has 2 bridgehead atoms. The van der Waals surface area contributed by atoms with Crippen LogP contribution in [0.3, 0.4) is 0 Å². The molecule has 8 heteroatoms. The molecule has 8 nitrogen and oxygen atoms in total. The Balaban J connectivity index is 1.37. The highest BCUT2D eigenvalue weighted by molar-refractivity contribution is 5.96. The molecule has 202 valence electrons. The fraction of sp³-hybridized carbons (Fsp3) is 0.533. The van der Waals surface area contributed by atoms with E-state index in [1.807, 2.05) is 6.07 Å². The van der Waals surface area contributed by atoms with Crippen LogP contribution in [0.2, 0.25) is 0 Å². The van der Waals surface area contributed by atoms with Gasteiger partial charge in [0.05, 0.1) is 23.7 Å². The number of fused-ring (bicyclic) bond motifs is 1. The summed E-state index contributed by atoms with van der Waals surface area (Å²) in [5.74, 6) is -0.226. The summed E-state index contributed by atoms with van der Waals surface area (Å²) in [4.78, 5) is 29.6. The molecule has 1 aromatic carbocycles. The van der Waals surface area contributed by atoms with E-state index in [9.17, 15) is 19.8 Å². The van der Waals surface area contributed by atoms with E-state index in [2.05, 4.69) is 4.90 Å². The Bertz CT molecular complexity index is 1270. The number of piperidine rings is 1. The third-order valence-electron chi connectivity index (χ3n) is 10.1. The first-order valence-electron chi connectivity index (χ1n) is 13.8. The van der Waals surface area contributed by atoms with E-state index in [-0.39, 0.29) is 29.3 Å². The SMILES string of the molecule is CN(C(=O)/C=C/c1ccoc1)C1CC[C@@]2(O)[C@H]3Cc4ccc(C(N)=O)c(O)c4[C@@]2(CCN3CC2CCC2)C1. The Morgan fingerprint density at radius 3 is 2.74 bits per heavy atom. The minimum absolute atomic E-state index is 0.0638. The number of aromatic hydroxyl groups is 1. The standard InChI is InChI=1S/C30H37N3O5/c1-32(25(34)8-5-20-10-14-38-18-20)22-9-11-30(37)24-15-21-6-7-23(28(31)36)27(35)26(21)29(30,16-22)12-13-33(24)17-19-3-2-4-19/h5-8,10,14,18-19,22,24,35,37H,2-4,9,11-13,15-17H2,1H3,(H2,31,36)/b8-5+/t22?,24-,29-,30-/m1/s1. The van der Waals surface area contributed by atoms with Crippen molar-refractivity contribution >= 4 is 17.9 Å². The van der Waals surface area contributed by atoms with Crippen molar-refractivity contribution in [2.75, 3.05) is 20.1 Å². The third kappa shape index (κ3) is 3.80. The van der Waals surface area contributed by atoms with Crippen molar-refractivity contribution in [2.45, 2.75) is 74.5 Å². The topological polar surface area (TPSA) is 120 Å². The molecule has 0 spiro atoms. The molecule has 1 aromatic heterocycles. The molecule has 1 unspecified atom stereocenters. The van der Waals surface area contributed by atoms with Crippen molar-refractivity contribution in [3.8, 4) is 5.75 Å². The number of aliphatic hydroxyl groups is 1. The zero-order valence-electron chi connectivity index (χ0n) is 21.9. The smallest absolute Gasteiger partial charge is 0.252 e. The van der Waals surface area contributed by atoms with E-state index < -0.39 is 16.9 Å². The van der Waals surface area contributed by atoms with Gasteiger partial charge < -0.3 is 25.3 Å². The summed E-state index contributed by atoms with van der Waals surface area (Å²) < 4.78 is 5.09. The predicted molar refractivity (Wildman–Crippen MR) is 142 cm³/mol. The van der Waals surface area contributed by atoms with Crippen LogP contribution < -0.4 is 5.73 Å². The highest BCUT2D eigenvalue weighted by atomic mass is 16.3. The molecule has 6 rings (SSSR count). The first kappa shape index (κ1) is 25.2. The summed E-state index contributed by atoms with van der Waals surface area (Å²) in [7, 11) is 1.81. The molecule has 2 heterocycles. The summed E-state index contributed by atoms with van der Waals surface area (Å²) in [6.45, 7) is 1.80. The molecule has 3 fully saturated rings. The molecule has 0 radical (unpaired) electrons. The van der Waals surface area contributed by atoms with E-state index >= 15 is 0 Å². The third-order valence-corrected chi connectivity index (χ3v) is 10.1. The molecule has 2 aromatic rings. The lowest BCUT2D eigenvalue weighted by molar-refractivity contribution is -0.180. The maximum Gasteiger partial charge on any atom is 0.252 e. The number of furan rings is 1. The van der Waals surface area contributed by atoms with Crippen LogP contribution in [-0.2, 0) is 16.6 Å². The normalized spacial score (nSPS) is 30.9. The molecule has 4 aliphatic rings. The Labute approximate surface area is 223 Å². The number of nitrogens with zero attached hydrogens (tertiary/aromatic N) is 2. The number of carbonyl (C=O) groups excluding carboxylic acids is 2. The first-order chi connectivity index (χ1) is 18.2. The second kappa shape index (κ2) is 9.27. The van der Waals surface area contributed by atoms with Crippen molar-refractivity contribution < 1.29 is 24.2 Å². The monoisotopic (exact) mass is 519 g/mol. The van der Waals surface area contributed by atoms with E-state index in [0.29, 0.717) is 43.6 Å². The number of likely N-dealkylation sites (tertiary alicyclic amines) is 1. The van der Waals surface area contributed by atoms with Crippen molar-refractivity contribution in [3.63, 3.8) is 0 Å². The van der Waals surface area contributed by atoms with Crippen LogP contribution in [0.5, 0.6) is 5.75 Å². The van der Waals surface area contributed by atoms with Gasteiger partial charge in [-0.25, -0.2) is 0 Å². The number of hydrogen-bond donors (Lipinski definition) is 3. The van der Waals surface area contributed by atoms with Gasteiger partial charge in [-0.2, -0.15) is 0 Å². The fourth-order valence-corrected chi connectivity index (χ4v) is 7.78. The van der Waals surface area contributed by atoms with Crippen molar-refractivity contribution in [1.29, 1.82) is 0 Å². The van der Waals surface area contributed by atoms with E-state index in [1.165, 1.54) is 19.3 Å². The van der Waals surface area contributed by atoms with Crippen LogP contribution >= 0.6 is 0 Å². The summed E-state index contributed by atoms with van der Waals surface area (Å²) in [6, 6.07) is 5.12. The highest BCUT2D eigenvalue weighted by Crippen LogP contribution is 2.61. The molecule has 4 N–H and O–H groups in total. The zero-order chi connectivity index (χ0) is 26.7. The van der Waals surface area contributed by atoms with Gasteiger partial charge in [-0.15, -0.1) is 0 Å². The number of benzene rings is 1. The first-order valence-corrected chi connectivity index (χ1v) is 13.8. The van der Waals surface area contributed by atoms with Crippen LogP contribution in [0.4, 0.5) is 0 Å². The number of rotatable bonds is 6. The van der Waals surface area contributed by atoms with E-state index in [1.54, 1.807) is 48.8 Å². The number of likely N-dealkylation sites (N-methyl/N-ethyl adjacent to an activating group) is 1. The molecule has 1 saturated heterocycles. The Morgan fingerprint density at radius 1 is 1.24 bits per heavy atom. The lowest BCUT2D eigenvalue weighted by Crippen LogP contribution is -2.74. The van der Waals surface area contributed by atoms with Gasteiger partial charge >= 0.3 is 0 Å². The molecule has 2 amide bonds. The number of amides is 2. The van der Waals surface area contributed by atoms with Crippen molar-refractivity contribution in [2.24, 2.45) is 11.7 Å². The van der Waals surface area contributed by atoms with Gasteiger partial charge in [0.15, 0.2) is 0 Å². The van der Waals surface area contributed by atoms with Gasteiger partial charge in [0.25, 0.3) is 5.91 Å². The van der Waals surface area contributed by atoms with Gasteiger partial charge in [-0.1, -0.05) is 12.5 Å². The minimum Gasteiger partial charge on any atom is -0.507 e. The molecule has 1 aliphatic heterocycles. The minimum atomic E-state index is -1.07. The van der Waals surface area contributed by atoms with Gasteiger partial charge in [-0.3, -0.25) is 14.5 Å². The average molecular weight is 520 g/mol. The summed E-state index contributed by atoms with van der Waals surface area (Å²) in [6.07, 6.45) is 13.2. The number of nitrogens with two attached hydrogens (primary N) is 1. The zero-order valence-corrected chi connectivity index (χ0v) is 21.9. The molecule has 4 atom stereocenters. The second-order valence-corrected chi connectivity index (χ2v) is 11.9. The van der Waals surface area contributed by atoms with Crippen LogP contribution in [0.1, 0.15) is 72.0 Å². The summed E-state index contributed by atoms with van der Waals surface area (Å²) in [5, 5.41) is 24.0. The van der Waals surface area contributed by atoms with Crippen molar-refractivity contribution in [3.05, 3.63) is 59.1 Å². The lowest BCUT2D eigenvalue weighted by Gasteiger charge is -2.65. The molecular weight excluding hydrogens is 482 g/mol. The summed E-state index contributed by atoms with van der Waals surface area (Å²) >= 11 is 0. The van der Waals surface area contributed by atoms with Gasteiger partial charge in [-0.05, 0) is 81.2 Å². The molecule has 2 saturated carbocycles. The average Bonchev–Trinajstić information content (AvgIpc) is 3.38. The number of phenols is 1.